The molecule has 11 heteroatoms. The van der Waals surface area contributed by atoms with Crippen LogP contribution >= 0.6 is 0 Å². The smallest absolute Gasteiger partial charge is 0.319 e. The molecule has 3 N–H and O–H groups in total. The van der Waals surface area contributed by atoms with Crippen molar-refractivity contribution in [1.82, 2.24) is 19.8 Å². The Labute approximate surface area is 309 Å². The SMILES string of the molecule is C#Cc1c(F)ccc2cc(O)cc(-c3c(C(C)(C)N)cc4c(N(C)C[C@H]5N(C(=O)C=C)CCC5(C)C)nc(OCC56CCCN5CCC6)nc4c3F)c12. The molecule has 0 saturated carbocycles. The molecule has 9 nitrogen and oxygen atoms in total. The molecule has 0 spiro atoms. The number of benzene rings is 3. The Balaban J connectivity index is 1.46. The molecule has 3 aromatic carbocycles. The number of terminal acetylenes is 1. The van der Waals surface area contributed by atoms with E-state index in [2.05, 4.69) is 31.2 Å². The number of amides is 1. The minimum atomic E-state index is -1.13. The van der Waals surface area contributed by atoms with Crippen molar-refractivity contribution in [2.24, 2.45) is 11.1 Å². The fourth-order valence-corrected chi connectivity index (χ4v) is 8.97. The molecule has 4 aromatic rings. The van der Waals surface area contributed by atoms with Gasteiger partial charge in [-0.05, 0) is 111 Å². The molecule has 0 bridgehead atoms. The van der Waals surface area contributed by atoms with Gasteiger partial charge in [-0.2, -0.15) is 9.97 Å². The Morgan fingerprint density at radius 1 is 1.17 bits per heavy atom. The first kappa shape index (κ1) is 36.6. The number of halogens is 2. The number of fused-ring (bicyclic) bond motifs is 3. The fraction of sp³-hybridized carbons (Fsp3) is 0.452. The van der Waals surface area contributed by atoms with Crippen molar-refractivity contribution in [2.75, 3.05) is 44.7 Å². The molecule has 53 heavy (non-hydrogen) atoms. The second-order valence-electron chi connectivity index (χ2n) is 16.3. The monoisotopic (exact) mass is 722 g/mol. The van der Waals surface area contributed by atoms with Gasteiger partial charge >= 0.3 is 6.01 Å². The molecule has 3 aliphatic rings. The van der Waals surface area contributed by atoms with E-state index < -0.39 is 17.2 Å². The molecule has 0 unspecified atom stereocenters. The van der Waals surface area contributed by atoms with Crippen LogP contribution in [0.4, 0.5) is 14.6 Å². The number of aromatic nitrogens is 2. The van der Waals surface area contributed by atoms with Gasteiger partial charge in [-0.25, -0.2) is 8.78 Å². The zero-order valence-electron chi connectivity index (χ0n) is 31.2. The van der Waals surface area contributed by atoms with Crippen LogP contribution in [0.3, 0.4) is 0 Å². The second-order valence-corrected chi connectivity index (χ2v) is 16.3. The zero-order valence-corrected chi connectivity index (χ0v) is 31.2. The van der Waals surface area contributed by atoms with Gasteiger partial charge in [0.25, 0.3) is 0 Å². The van der Waals surface area contributed by atoms with Crippen LogP contribution in [0.5, 0.6) is 11.8 Å². The van der Waals surface area contributed by atoms with Crippen molar-refractivity contribution in [3.63, 3.8) is 0 Å². The minimum Gasteiger partial charge on any atom is -0.508 e. The largest absolute Gasteiger partial charge is 0.508 e. The summed E-state index contributed by atoms with van der Waals surface area (Å²) in [7, 11) is 1.87. The molecule has 1 atom stereocenters. The topological polar surface area (TPSA) is 108 Å². The first-order valence-corrected chi connectivity index (χ1v) is 18.4. The number of hydrogen-bond donors (Lipinski definition) is 2. The Bertz CT molecular complexity index is 2180. The third-order valence-electron chi connectivity index (χ3n) is 11.9. The molecule has 3 aliphatic heterocycles. The van der Waals surface area contributed by atoms with Crippen LogP contribution in [0.1, 0.15) is 70.9 Å². The summed E-state index contributed by atoms with van der Waals surface area (Å²) in [5.74, 6) is 1.18. The molecule has 4 heterocycles. The molecule has 278 valence electrons. The van der Waals surface area contributed by atoms with Crippen molar-refractivity contribution in [3.8, 4) is 35.2 Å². The predicted molar refractivity (Wildman–Crippen MR) is 205 cm³/mol. The van der Waals surface area contributed by atoms with E-state index in [1.54, 1.807) is 19.9 Å². The molecular weight excluding hydrogens is 674 g/mol. The molecular formula is C42H48F2N6O3. The highest BCUT2D eigenvalue weighted by Crippen LogP contribution is 2.45. The number of carbonyl (C=O) groups excluding carboxylic acids is 1. The number of anilines is 1. The Kier molecular flexibility index (Phi) is 9.14. The third kappa shape index (κ3) is 6.25. The summed E-state index contributed by atoms with van der Waals surface area (Å²) in [6.45, 7) is 14.9. The fourth-order valence-electron chi connectivity index (χ4n) is 8.97. The summed E-state index contributed by atoms with van der Waals surface area (Å²) in [6.07, 6.45) is 12.1. The number of phenols is 1. The predicted octanol–water partition coefficient (Wildman–Crippen LogP) is 6.87. The number of phenolic OH excluding ortho intramolecular Hbond substituents is 1. The molecule has 1 aromatic heterocycles. The van der Waals surface area contributed by atoms with Gasteiger partial charge in [-0.15, -0.1) is 6.42 Å². The number of likely N-dealkylation sites (tertiary alicyclic amines) is 1. The maximum atomic E-state index is 17.7. The molecule has 1 amide bonds. The molecule has 0 aliphatic carbocycles. The zero-order chi connectivity index (χ0) is 38.0. The number of likely N-dealkylation sites (N-methyl/N-ethyl adjacent to an activating group) is 1. The van der Waals surface area contributed by atoms with Gasteiger partial charge in [-0.1, -0.05) is 32.4 Å². The molecule has 7 rings (SSSR count). The standard InChI is InChI=1S/C42H48F2N6O3/c1-8-27-31(43)13-12-25-20-26(51)21-28(34(25)27)35-30(41(5,6)45)22-29-37(36(35)44)46-39(53-24-42-14-10-17-49(42)18-11-15-42)47-38(29)48(7)23-32-40(3,4)16-19-50(32)33(52)9-2/h1,9,12-13,20-22,32,51H,2,10-11,14-19,23-24,45H2,3-7H3/t32-/m1/s1. The van der Waals surface area contributed by atoms with Crippen LogP contribution in [-0.4, -0.2) is 82.2 Å². The molecule has 0 radical (unpaired) electrons. The molecule has 3 saturated heterocycles. The Morgan fingerprint density at radius 2 is 1.89 bits per heavy atom. The van der Waals surface area contributed by atoms with Crippen molar-refractivity contribution in [1.29, 1.82) is 0 Å². The van der Waals surface area contributed by atoms with Crippen LogP contribution in [0.15, 0.2) is 43.0 Å². The van der Waals surface area contributed by atoms with Gasteiger partial charge in [-0.3, -0.25) is 9.69 Å². The van der Waals surface area contributed by atoms with E-state index in [9.17, 15) is 9.90 Å². The van der Waals surface area contributed by atoms with E-state index in [0.717, 1.165) is 45.2 Å². The number of aromatic hydroxyl groups is 1. The van der Waals surface area contributed by atoms with E-state index in [1.165, 1.54) is 30.3 Å². The summed E-state index contributed by atoms with van der Waals surface area (Å²) in [6, 6.07) is 7.19. The molecule has 3 fully saturated rings. The number of carbonyl (C=O) groups is 1. The number of ether oxygens (including phenoxy) is 1. The lowest BCUT2D eigenvalue weighted by Crippen LogP contribution is -2.47. The number of hydrogen-bond acceptors (Lipinski definition) is 8. The van der Waals surface area contributed by atoms with Crippen LogP contribution in [0.2, 0.25) is 0 Å². The van der Waals surface area contributed by atoms with Gasteiger partial charge in [0.1, 0.15) is 29.5 Å². The maximum absolute atomic E-state index is 17.7. The Hall–Kier alpha value is -4.79. The summed E-state index contributed by atoms with van der Waals surface area (Å²) in [5, 5.41) is 12.0. The highest BCUT2D eigenvalue weighted by atomic mass is 19.1. The highest BCUT2D eigenvalue weighted by Gasteiger charge is 2.46. The van der Waals surface area contributed by atoms with Gasteiger partial charge in [0.2, 0.25) is 5.91 Å². The first-order chi connectivity index (χ1) is 25.1. The van der Waals surface area contributed by atoms with Crippen molar-refractivity contribution >= 4 is 33.4 Å². The average molecular weight is 723 g/mol. The van der Waals surface area contributed by atoms with Crippen molar-refractivity contribution in [2.45, 2.75) is 76.9 Å². The average Bonchev–Trinajstić information content (AvgIpc) is 3.78. The number of nitrogens with two attached hydrogens (primary N) is 1. The van der Waals surface area contributed by atoms with E-state index in [-0.39, 0.29) is 62.3 Å². The van der Waals surface area contributed by atoms with Crippen LogP contribution in [-0.2, 0) is 10.3 Å². The van der Waals surface area contributed by atoms with Gasteiger partial charge < -0.3 is 25.4 Å². The first-order valence-electron chi connectivity index (χ1n) is 18.4. The minimum absolute atomic E-state index is 0.0214. The van der Waals surface area contributed by atoms with Gasteiger partial charge in [0, 0.05) is 42.0 Å². The van der Waals surface area contributed by atoms with E-state index >= 15 is 8.78 Å². The summed E-state index contributed by atoms with van der Waals surface area (Å²) in [5.41, 5.74) is 5.88. The number of nitrogens with zero attached hydrogens (tertiary/aromatic N) is 5. The van der Waals surface area contributed by atoms with E-state index in [1.807, 2.05) is 16.8 Å². The normalized spacial score (nSPS) is 19.5. The van der Waals surface area contributed by atoms with E-state index in [0.29, 0.717) is 41.9 Å². The van der Waals surface area contributed by atoms with Crippen LogP contribution in [0, 0.1) is 29.4 Å². The lowest BCUT2D eigenvalue weighted by atomic mass is 9.83. The van der Waals surface area contributed by atoms with Crippen LogP contribution < -0.4 is 15.4 Å². The van der Waals surface area contributed by atoms with Crippen LogP contribution in [0.25, 0.3) is 32.8 Å². The quantitative estimate of drug-likeness (QED) is 0.143. The lowest BCUT2D eigenvalue weighted by molar-refractivity contribution is -0.127. The summed E-state index contributed by atoms with van der Waals surface area (Å²) in [4.78, 5) is 28.9. The van der Waals surface area contributed by atoms with Crippen molar-refractivity contribution < 1.29 is 23.4 Å². The highest BCUT2D eigenvalue weighted by molar-refractivity contribution is 6.05. The summed E-state index contributed by atoms with van der Waals surface area (Å²) >= 11 is 0. The number of rotatable bonds is 9. The van der Waals surface area contributed by atoms with Gasteiger partial charge in [0.05, 0.1) is 17.1 Å². The third-order valence-corrected chi connectivity index (χ3v) is 11.9. The van der Waals surface area contributed by atoms with Crippen molar-refractivity contribution in [3.05, 3.63) is 65.7 Å². The lowest BCUT2D eigenvalue weighted by Gasteiger charge is -2.36. The maximum Gasteiger partial charge on any atom is 0.319 e. The van der Waals surface area contributed by atoms with Gasteiger partial charge in [0.15, 0.2) is 5.82 Å². The second kappa shape index (κ2) is 13.3. The van der Waals surface area contributed by atoms with E-state index in [4.69, 9.17) is 26.9 Å². The summed E-state index contributed by atoms with van der Waals surface area (Å²) < 4.78 is 39.4. The Morgan fingerprint density at radius 3 is 2.55 bits per heavy atom.